The molecule has 1 aliphatic carbocycles. The molecule has 3 nitrogen and oxygen atoms in total. The third kappa shape index (κ3) is 3.28. The molecular formula is C14H19N3. The molecule has 1 saturated carbocycles. The SMILES string of the molecule is CC1(NCc2ccnc(C#N)c2)CCCCC1. The van der Waals surface area contributed by atoms with E-state index in [-0.39, 0.29) is 5.54 Å². The van der Waals surface area contributed by atoms with Crippen LogP contribution in [-0.2, 0) is 6.54 Å². The number of pyridine rings is 1. The Balaban J connectivity index is 1.95. The summed E-state index contributed by atoms with van der Waals surface area (Å²) in [6.45, 7) is 3.13. The molecule has 0 atom stereocenters. The lowest BCUT2D eigenvalue weighted by Crippen LogP contribution is -2.43. The standard InChI is InChI=1S/C14H19N3/c1-14(6-3-2-4-7-14)17-11-12-5-8-16-13(9-12)10-15/h5,8-9,17H,2-4,6-7,11H2,1H3. The summed E-state index contributed by atoms with van der Waals surface area (Å²) < 4.78 is 0. The topological polar surface area (TPSA) is 48.7 Å². The Bertz CT molecular complexity index is 414. The summed E-state index contributed by atoms with van der Waals surface area (Å²) in [5, 5.41) is 12.4. The molecule has 0 amide bonds. The molecule has 0 aromatic carbocycles. The van der Waals surface area contributed by atoms with Crippen molar-refractivity contribution in [1.29, 1.82) is 5.26 Å². The number of nitrogens with one attached hydrogen (secondary N) is 1. The van der Waals surface area contributed by atoms with Crippen molar-refractivity contribution in [3.05, 3.63) is 29.6 Å². The van der Waals surface area contributed by atoms with Gasteiger partial charge in [-0.05, 0) is 37.5 Å². The maximum Gasteiger partial charge on any atom is 0.140 e. The molecule has 17 heavy (non-hydrogen) atoms. The van der Waals surface area contributed by atoms with Gasteiger partial charge >= 0.3 is 0 Å². The Morgan fingerprint density at radius 3 is 2.88 bits per heavy atom. The first-order valence-electron chi connectivity index (χ1n) is 6.32. The van der Waals surface area contributed by atoms with Gasteiger partial charge in [0.15, 0.2) is 0 Å². The minimum Gasteiger partial charge on any atom is -0.307 e. The number of nitriles is 1. The van der Waals surface area contributed by atoms with Crippen molar-refractivity contribution in [3.63, 3.8) is 0 Å². The van der Waals surface area contributed by atoms with Gasteiger partial charge in [0, 0.05) is 18.3 Å². The predicted octanol–water partition coefficient (Wildman–Crippen LogP) is 2.77. The lowest BCUT2D eigenvalue weighted by atomic mass is 9.83. The van der Waals surface area contributed by atoms with E-state index < -0.39 is 0 Å². The van der Waals surface area contributed by atoms with E-state index in [1.54, 1.807) is 6.20 Å². The molecule has 1 aromatic rings. The van der Waals surface area contributed by atoms with Crippen LogP contribution in [0.2, 0.25) is 0 Å². The second-order valence-corrected chi connectivity index (χ2v) is 5.14. The van der Waals surface area contributed by atoms with E-state index in [2.05, 4.69) is 23.3 Å². The highest BCUT2D eigenvalue weighted by atomic mass is 15.0. The molecule has 0 spiro atoms. The molecule has 2 rings (SSSR count). The van der Waals surface area contributed by atoms with Crippen LogP contribution in [0.4, 0.5) is 0 Å². The molecule has 1 aliphatic rings. The van der Waals surface area contributed by atoms with Crippen LogP contribution in [0.25, 0.3) is 0 Å². The molecule has 1 aromatic heterocycles. The van der Waals surface area contributed by atoms with Crippen LogP contribution in [0, 0.1) is 11.3 Å². The van der Waals surface area contributed by atoms with Gasteiger partial charge in [-0.25, -0.2) is 4.98 Å². The lowest BCUT2D eigenvalue weighted by molar-refractivity contribution is 0.252. The van der Waals surface area contributed by atoms with Crippen molar-refractivity contribution in [1.82, 2.24) is 10.3 Å². The smallest absolute Gasteiger partial charge is 0.140 e. The Kier molecular flexibility index (Phi) is 3.75. The van der Waals surface area contributed by atoms with Gasteiger partial charge in [0.05, 0.1) is 0 Å². The van der Waals surface area contributed by atoms with E-state index in [0.29, 0.717) is 5.69 Å². The summed E-state index contributed by atoms with van der Waals surface area (Å²) >= 11 is 0. The van der Waals surface area contributed by atoms with Crippen LogP contribution in [0.3, 0.4) is 0 Å². The summed E-state index contributed by atoms with van der Waals surface area (Å²) in [6, 6.07) is 5.91. The molecule has 1 fully saturated rings. The normalized spacial score (nSPS) is 18.6. The van der Waals surface area contributed by atoms with Crippen LogP contribution in [0.1, 0.15) is 50.3 Å². The molecule has 90 valence electrons. The summed E-state index contributed by atoms with van der Waals surface area (Å²) in [6.07, 6.45) is 8.23. The highest BCUT2D eigenvalue weighted by Gasteiger charge is 2.25. The van der Waals surface area contributed by atoms with Crippen LogP contribution in [0.15, 0.2) is 18.3 Å². The quantitative estimate of drug-likeness (QED) is 0.867. The van der Waals surface area contributed by atoms with Gasteiger partial charge in [-0.1, -0.05) is 19.3 Å². The zero-order valence-corrected chi connectivity index (χ0v) is 10.4. The number of aromatic nitrogens is 1. The van der Waals surface area contributed by atoms with Crippen molar-refractivity contribution in [2.24, 2.45) is 0 Å². The summed E-state index contributed by atoms with van der Waals surface area (Å²) in [5.41, 5.74) is 1.91. The number of rotatable bonds is 3. The van der Waals surface area contributed by atoms with Crippen molar-refractivity contribution in [2.45, 2.75) is 51.1 Å². The Morgan fingerprint density at radius 1 is 1.41 bits per heavy atom. The molecule has 0 unspecified atom stereocenters. The van der Waals surface area contributed by atoms with E-state index in [0.717, 1.165) is 12.1 Å². The minimum absolute atomic E-state index is 0.272. The second-order valence-electron chi connectivity index (χ2n) is 5.14. The van der Waals surface area contributed by atoms with Gasteiger partial charge in [-0.2, -0.15) is 5.26 Å². The van der Waals surface area contributed by atoms with Crippen molar-refractivity contribution in [2.75, 3.05) is 0 Å². The highest BCUT2D eigenvalue weighted by Crippen LogP contribution is 2.27. The molecule has 1 heterocycles. The number of nitrogens with zero attached hydrogens (tertiary/aromatic N) is 2. The Morgan fingerprint density at radius 2 is 2.18 bits per heavy atom. The Labute approximate surface area is 103 Å². The van der Waals surface area contributed by atoms with Crippen LogP contribution in [-0.4, -0.2) is 10.5 Å². The monoisotopic (exact) mass is 229 g/mol. The lowest BCUT2D eigenvalue weighted by Gasteiger charge is -2.34. The molecular weight excluding hydrogens is 210 g/mol. The molecule has 0 radical (unpaired) electrons. The van der Waals surface area contributed by atoms with Crippen molar-refractivity contribution in [3.8, 4) is 6.07 Å². The molecule has 0 saturated heterocycles. The van der Waals surface area contributed by atoms with Gasteiger partial charge in [0.25, 0.3) is 0 Å². The van der Waals surface area contributed by atoms with Crippen molar-refractivity contribution >= 4 is 0 Å². The highest BCUT2D eigenvalue weighted by molar-refractivity contribution is 5.25. The average molecular weight is 229 g/mol. The predicted molar refractivity (Wildman–Crippen MR) is 67.3 cm³/mol. The molecule has 0 aliphatic heterocycles. The van der Waals surface area contributed by atoms with Crippen molar-refractivity contribution < 1.29 is 0 Å². The van der Waals surface area contributed by atoms with Gasteiger partial charge in [-0.15, -0.1) is 0 Å². The number of hydrogen-bond acceptors (Lipinski definition) is 3. The van der Waals surface area contributed by atoms with Gasteiger partial charge in [0.1, 0.15) is 11.8 Å². The van der Waals surface area contributed by atoms with E-state index in [9.17, 15) is 0 Å². The zero-order valence-electron chi connectivity index (χ0n) is 10.4. The fourth-order valence-corrected chi connectivity index (χ4v) is 2.47. The van der Waals surface area contributed by atoms with Crippen LogP contribution < -0.4 is 5.32 Å². The average Bonchev–Trinajstić information content (AvgIpc) is 2.38. The molecule has 1 N–H and O–H groups in total. The Hall–Kier alpha value is -1.40. The maximum absolute atomic E-state index is 8.80. The summed E-state index contributed by atoms with van der Waals surface area (Å²) in [7, 11) is 0. The van der Waals surface area contributed by atoms with E-state index >= 15 is 0 Å². The summed E-state index contributed by atoms with van der Waals surface area (Å²) in [5.74, 6) is 0. The first kappa shape index (κ1) is 12.1. The maximum atomic E-state index is 8.80. The minimum atomic E-state index is 0.272. The number of hydrogen-bond donors (Lipinski definition) is 1. The van der Waals surface area contributed by atoms with Gasteiger partial charge < -0.3 is 5.32 Å². The van der Waals surface area contributed by atoms with E-state index in [4.69, 9.17) is 5.26 Å². The fraction of sp³-hybridized carbons (Fsp3) is 0.571. The largest absolute Gasteiger partial charge is 0.307 e. The van der Waals surface area contributed by atoms with Gasteiger partial charge in [0.2, 0.25) is 0 Å². The first-order valence-corrected chi connectivity index (χ1v) is 6.32. The van der Waals surface area contributed by atoms with Gasteiger partial charge in [-0.3, -0.25) is 0 Å². The second kappa shape index (κ2) is 5.29. The molecule has 0 bridgehead atoms. The first-order chi connectivity index (χ1) is 8.22. The molecule has 3 heteroatoms. The van der Waals surface area contributed by atoms with E-state index in [1.807, 2.05) is 12.1 Å². The summed E-state index contributed by atoms with van der Waals surface area (Å²) in [4.78, 5) is 3.98. The third-order valence-corrected chi connectivity index (χ3v) is 3.62. The van der Waals surface area contributed by atoms with E-state index in [1.165, 1.54) is 32.1 Å². The third-order valence-electron chi connectivity index (χ3n) is 3.62. The van der Waals surface area contributed by atoms with Crippen LogP contribution >= 0.6 is 0 Å². The fourth-order valence-electron chi connectivity index (χ4n) is 2.47. The zero-order chi connectivity index (χ0) is 12.1. The van der Waals surface area contributed by atoms with Crippen LogP contribution in [0.5, 0.6) is 0 Å².